The van der Waals surface area contributed by atoms with Crippen LogP contribution < -0.4 is 14.2 Å². The van der Waals surface area contributed by atoms with Gasteiger partial charge < -0.3 is 18.8 Å². The Kier molecular flexibility index (Phi) is 9.14. The molecule has 238 valence electrons. The van der Waals surface area contributed by atoms with E-state index in [-0.39, 0.29) is 26.9 Å². The Bertz CT molecular complexity index is 2200. The third-order valence-electron chi connectivity index (χ3n) is 7.77. The van der Waals surface area contributed by atoms with Crippen LogP contribution in [0, 0.1) is 31.8 Å². The molecule has 0 aliphatic rings. The van der Waals surface area contributed by atoms with Crippen molar-refractivity contribution in [3.63, 3.8) is 0 Å². The molecule has 0 aliphatic carbocycles. The molecule has 7 aromatic rings. The molecule has 0 fully saturated rings. The summed E-state index contributed by atoms with van der Waals surface area (Å²) in [5.41, 5.74) is 6.15. The van der Waals surface area contributed by atoms with Crippen molar-refractivity contribution in [2.24, 2.45) is 0 Å². The van der Waals surface area contributed by atoms with Gasteiger partial charge in [0.1, 0.15) is 23.1 Å². The first kappa shape index (κ1) is 32.0. The van der Waals surface area contributed by atoms with E-state index in [1.54, 1.807) is 4.68 Å². The van der Waals surface area contributed by atoms with Crippen LogP contribution in [0.25, 0.3) is 44.4 Å². The van der Waals surface area contributed by atoms with Gasteiger partial charge in [-0.3, -0.25) is 4.68 Å². The van der Waals surface area contributed by atoms with Crippen LogP contribution in [0.5, 0.6) is 23.0 Å². The first-order valence-electron chi connectivity index (χ1n) is 15.2. The van der Waals surface area contributed by atoms with Gasteiger partial charge in [0.15, 0.2) is 0 Å². The molecule has 3 aromatic heterocycles. The number of para-hydroxylation sites is 1. The predicted octanol–water partition coefficient (Wildman–Crippen LogP) is 8.97. The molecule has 0 bridgehead atoms. The van der Waals surface area contributed by atoms with Gasteiger partial charge in [0.25, 0.3) is 0 Å². The third-order valence-corrected chi connectivity index (χ3v) is 7.77. The molecular formula is C38H31FN4O3Pt. The molecule has 0 atom stereocenters. The van der Waals surface area contributed by atoms with Crippen molar-refractivity contribution in [3.8, 4) is 45.6 Å². The molecule has 0 radical (unpaired) electrons. The summed E-state index contributed by atoms with van der Waals surface area (Å²) < 4.78 is 36.3. The van der Waals surface area contributed by atoms with Crippen LogP contribution in [-0.2, 0) is 21.1 Å². The fourth-order valence-corrected chi connectivity index (χ4v) is 5.90. The average Bonchev–Trinajstić information content (AvgIpc) is 3.67. The van der Waals surface area contributed by atoms with Crippen LogP contribution >= 0.6 is 0 Å². The van der Waals surface area contributed by atoms with E-state index in [1.807, 2.05) is 99.3 Å². The van der Waals surface area contributed by atoms with E-state index in [2.05, 4.69) is 28.3 Å². The molecule has 0 saturated heterocycles. The fourth-order valence-electron chi connectivity index (χ4n) is 5.90. The number of halogens is 1. The zero-order chi connectivity index (χ0) is 31.8. The predicted molar refractivity (Wildman–Crippen MR) is 177 cm³/mol. The largest absolute Gasteiger partial charge is 2.00 e. The standard InChI is InChI=1S/C38H31FN4O3.Pt/c1-5-44-37-24(3)18-25(4)38(45-6-2)36(37)26-22-41-42(23-26)28-10-9-11-29(20-28)46-30-14-15-32-31-12-7-8-13-33(31)43(34(32)21-30)35-19-27(39)16-17-40-35;/h7-19,22-23H,5-6H2,1-4H3;/q-2;+2. The minimum absolute atomic E-state index is 0. The monoisotopic (exact) mass is 805 g/mol. The molecule has 0 amide bonds. The summed E-state index contributed by atoms with van der Waals surface area (Å²) in [6, 6.07) is 29.0. The van der Waals surface area contributed by atoms with Crippen LogP contribution in [0.3, 0.4) is 0 Å². The summed E-state index contributed by atoms with van der Waals surface area (Å²) in [5.74, 6) is 2.65. The van der Waals surface area contributed by atoms with Crippen molar-refractivity contribution < 1.29 is 39.7 Å². The van der Waals surface area contributed by atoms with Crippen LogP contribution in [0.1, 0.15) is 25.0 Å². The average molecular weight is 806 g/mol. The van der Waals surface area contributed by atoms with Crippen LogP contribution in [0.4, 0.5) is 4.39 Å². The Morgan fingerprint density at radius 1 is 0.809 bits per heavy atom. The van der Waals surface area contributed by atoms with Gasteiger partial charge in [-0.2, -0.15) is 17.2 Å². The second kappa shape index (κ2) is 13.4. The number of aryl methyl sites for hydroxylation is 2. The molecule has 7 rings (SSSR count). The number of hydrogen-bond acceptors (Lipinski definition) is 5. The van der Waals surface area contributed by atoms with Gasteiger partial charge in [0.05, 0.1) is 25.0 Å². The van der Waals surface area contributed by atoms with Gasteiger partial charge in [0, 0.05) is 41.0 Å². The second-order valence-corrected chi connectivity index (χ2v) is 10.9. The molecule has 9 heteroatoms. The number of ether oxygens (including phenoxy) is 3. The second-order valence-electron chi connectivity index (χ2n) is 10.9. The van der Waals surface area contributed by atoms with Crippen molar-refractivity contribution in [1.29, 1.82) is 0 Å². The Morgan fingerprint density at radius 3 is 2.30 bits per heavy atom. The maximum absolute atomic E-state index is 14.2. The normalized spacial score (nSPS) is 11.1. The third kappa shape index (κ3) is 6.01. The maximum atomic E-state index is 14.2. The molecule has 47 heavy (non-hydrogen) atoms. The molecule has 4 aromatic carbocycles. The molecule has 0 spiro atoms. The van der Waals surface area contributed by atoms with Crippen LogP contribution in [0.2, 0.25) is 0 Å². The van der Waals surface area contributed by atoms with Crippen LogP contribution in [-0.4, -0.2) is 32.5 Å². The van der Waals surface area contributed by atoms with E-state index in [4.69, 9.17) is 14.2 Å². The van der Waals surface area contributed by atoms with Crippen molar-refractivity contribution in [1.82, 2.24) is 19.3 Å². The van der Waals surface area contributed by atoms with E-state index in [0.717, 1.165) is 55.6 Å². The van der Waals surface area contributed by atoms with Crippen molar-refractivity contribution in [2.75, 3.05) is 13.2 Å². The number of fused-ring (bicyclic) bond motifs is 3. The summed E-state index contributed by atoms with van der Waals surface area (Å²) >= 11 is 0. The molecule has 0 unspecified atom stereocenters. The fraction of sp³-hybridized carbons (Fsp3) is 0.158. The van der Waals surface area contributed by atoms with Gasteiger partial charge in [-0.25, -0.2) is 9.37 Å². The zero-order valence-electron chi connectivity index (χ0n) is 26.3. The first-order valence-corrected chi connectivity index (χ1v) is 15.2. The summed E-state index contributed by atoms with van der Waals surface area (Å²) in [6.45, 7) is 9.09. The molecule has 0 N–H and O–H groups in total. The van der Waals surface area contributed by atoms with Crippen molar-refractivity contribution in [3.05, 3.63) is 120 Å². The van der Waals surface area contributed by atoms with Gasteiger partial charge in [0.2, 0.25) is 0 Å². The number of rotatable bonds is 9. The van der Waals surface area contributed by atoms with Gasteiger partial charge >= 0.3 is 21.1 Å². The Hall–Kier alpha value is -4.94. The minimum Gasteiger partial charge on any atom is -0.509 e. The number of aromatic nitrogens is 4. The number of benzene rings is 4. The minimum atomic E-state index is -0.364. The number of nitrogens with zero attached hydrogens (tertiary/aromatic N) is 4. The van der Waals surface area contributed by atoms with E-state index < -0.39 is 0 Å². The van der Waals surface area contributed by atoms with Gasteiger partial charge in [-0.05, 0) is 68.1 Å². The maximum Gasteiger partial charge on any atom is 2.00 e. The smallest absolute Gasteiger partial charge is 0.509 e. The van der Waals surface area contributed by atoms with Crippen LogP contribution in [0.15, 0.2) is 91.4 Å². The summed E-state index contributed by atoms with van der Waals surface area (Å²) in [4.78, 5) is 4.44. The summed E-state index contributed by atoms with van der Waals surface area (Å²) in [6.07, 6.45) is 5.21. The summed E-state index contributed by atoms with van der Waals surface area (Å²) in [7, 11) is 0. The zero-order valence-corrected chi connectivity index (χ0v) is 28.6. The first-order chi connectivity index (χ1) is 22.4. The van der Waals surface area contributed by atoms with E-state index >= 15 is 0 Å². The molecule has 3 heterocycles. The van der Waals surface area contributed by atoms with Gasteiger partial charge in [-0.15, -0.1) is 35.7 Å². The van der Waals surface area contributed by atoms with Crippen molar-refractivity contribution >= 4 is 21.8 Å². The Morgan fingerprint density at radius 2 is 1.55 bits per heavy atom. The SMILES string of the molecule is CCOc1c(C)cc(C)c(OCC)c1-c1cnn(-c2[c-]c(Oc3[c-]c4c(cc3)c3ccccc3n4-c3cc(F)ccn3)ccc2)c1.[Pt+2]. The van der Waals surface area contributed by atoms with Gasteiger partial charge in [-0.1, -0.05) is 23.7 Å². The van der Waals surface area contributed by atoms with Crippen molar-refractivity contribution in [2.45, 2.75) is 27.7 Å². The van der Waals surface area contributed by atoms with E-state index in [9.17, 15) is 4.39 Å². The topological polar surface area (TPSA) is 63.3 Å². The van der Waals surface area contributed by atoms with E-state index in [1.165, 1.54) is 18.3 Å². The Balaban J connectivity index is 0.00000386. The van der Waals surface area contributed by atoms with E-state index in [0.29, 0.717) is 36.2 Å². The number of hydrogen-bond donors (Lipinski definition) is 0. The molecule has 0 aliphatic heterocycles. The molecule has 7 nitrogen and oxygen atoms in total. The molecular weight excluding hydrogens is 775 g/mol. The molecule has 0 saturated carbocycles. The summed E-state index contributed by atoms with van der Waals surface area (Å²) in [5, 5.41) is 6.63. The number of pyridine rings is 1. The Labute approximate surface area is 286 Å². The quantitative estimate of drug-likeness (QED) is 0.137.